The molecule has 1 aliphatic rings. The topological polar surface area (TPSA) is 12.0 Å². The van der Waals surface area contributed by atoms with Crippen LogP contribution in [0.2, 0.25) is 0 Å². The highest BCUT2D eigenvalue weighted by Gasteiger charge is 2.30. The van der Waals surface area contributed by atoms with Crippen LogP contribution in [0.25, 0.3) is 0 Å². The van der Waals surface area contributed by atoms with E-state index in [0.29, 0.717) is 11.8 Å². The van der Waals surface area contributed by atoms with Crippen LogP contribution in [0.3, 0.4) is 0 Å². The molecule has 0 heterocycles. The Balaban J connectivity index is 2.20. The fraction of sp³-hybridized carbons (Fsp3) is 0.667. The van der Waals surface area contributed by atoms with Crippen LogP contribution in [0.5, 0.6) is 0 Å². The van der Waals surface area contributed by atoms with Crippen LogP contribution < -0.4 is 5.32 Å². The van der Waals surface area contributed by atoms with Crippen molar-refractivity contribution in [2.24, 2.45) is 11.8 Å². The molecule has 1 aliphatic carbocycles. The number of rotatable bonds is 5. The number of benzene rings is 1. The van der Waals surface area contributed by atoms with Crippen molar-refractivity contribution in [1.82, 2.24) is 5.32 Å². The van der Waals surface area contributed by atoms with Gasteiger partial charge in [-0.25, -0.2) is 4.39 Å². The predicted octanol–water partition coefficient (Wildman–Crippen LogP) is 4.65. The molecule has 1 nitrogen and oxygen atoms in total. The van der Waals surface area contributed by atoms with Gasteiger partial charge in [-0.3, -0.25) is 0 Å². The maximum absolute atomic E-state index is 13.7. The third-order valence-corrected chi connectivity index (χ3v) is 4.83. The first-order valence-electron chi connectivity index (χ1n) is 8.11. The van der Waals surface area contributed by atoms with E-state index >= 15 is 0 Å². The molecule has 1 saturated carbocycles. The summed E-state index contributed by atoms with van der Waals surface area (Å²) < 4.78 is 13.7. The number of halogens is 1. The van der Waals surface area contributed by atoms with Crippen LogP contribution in [-0.4, -0.2) is 13.1 Å². The molecule has 0 radical (unpaired) electrons. The average Bonchev–Trinajstić information content (AvgIpc) is 2.44. The fourth-order valence-electron chi connectivity index (χ4n) is 3.65. The van der Waals surface area contributed by atoms with Crippen molar-refractivity contribution in [2.45, 2.75) is 52.4 Å². The molecule has 0 spiro atoms. The van der Waals surface area contributed by atoms with Gasteiger partial charge in [-0.2, -0.15) is 0 Å². The van der Waals surface area contributed by atoms with Gasteiger partial charge in [0.05, 0.1) is 0 Å². The monoisotopic (exact) mass is 277 g/mol. The zero-order chi connectivity index (χ0) is 14.5. The van der Waals surface area contributed by atoms with Gasteiger partial charge in [0.2, 0.25) is 0 Å². The molecule has 0 aliphatic heterocycles. The maximum atomic E-state index is 13.7. The Labute approximate surface area is 123 Å². The zero-order valence-electron chi connectivity index (χ0n) is 13.1. The average molecular weight is 277 g/mol. The lowest BCUT2D eigenvalue weighted by Crippen LogP contribution is -2.32. The second-order valence-electron chi connectivity index (χ2n) is 6.32. The highest BCUT2D eigenvalue weighted by molar-refractivity contribution is 5.27. The second-order valence-corrected chi connectivity index (χ2v) is 6.32. The highest BCUT2D eigenvalue weighted by Crippen LogP contribution is 2.41. The molecule has 3 atom stereocenters. The quantitative estimate of drug-likeness (QED) is 0.826. The summed E-state index contributed by atoms with van der Waals surface area (Å²) in [5.74, 6) is 1.89. The standard InChI is InChI=1S/C18H28FN/c1-4-14-6-7-15(12-20-5-2)18(10-14)16-8-13(3)9-17(19)11-16/h8-9,11,14-15,18,20H,4-7,10,12H2,1-3H3. The summed E-state index contributed by atoms with van der Waals surface area (Å²) in [4.78, 5) is 0. The SMILES string of the molecule is CCNCC1CCC(CC)CC1c1cc(C)cc(F)c1. The zero-order valence-corrected chi connectivity index (χ0v) is 13.1. The van der Waals surface area contributed by atoms with Crippen LogP contribution in [0, 0.1) is 24.6 Å². The van der Waals surface area contributed by atoms with E-state index in [0.717, 1.165) is 24.6 Å². The van der Waals surface area contributed by atoms with E-state index in [4.69, 9.17) is 0 Å². The lowest BCUT2D eigenvalue weighted by molar-refractivity contribution is 0.226. The van der Waals surface area contributed by atoms with Gasteiger partial charge in [-0.1, -0.05) is 32.8 Å². The van der Waals surface area contributed by atoms with Crippen LogP contribution in [0.4, 0.5) is 4.39 Å². The summed E-state index contributed by atoms with van der Waals surface area (Å²) in [6, 6.07) is 5.57. The van der Waals surface area contributed by atoms with Gasteiger partial charge >= 0.3 is 0 Å². The summed E-state index contributed by atoms with van der Waals surface area (Å²) in [6.07, 6.45) is 5.07. The molecular formula is C18H28FN. The van der Waals surface area contributed by atoms with E-state index in [1.165, 1.54) is 31.2 Å². The van der Waals surface area contributed by atoms with Gasteiger partial charge in [0.1, 0.15) is 5.82 Å². The first kappa shape index (κ1) is 15.5. The summed E-state index contributed by atoms with van der Waals surface area (Å²) in [7, 11) is 0. The first-order valence-corrected chi connectivity index (χ1v) is 8.11. The Bertz CT molecular complexity index is 409. The molecule has 1 aromatic rings. The van der Waals surface area contributed by atoms with Crippen molar-refractivity contribution >= 4 is 0 Å². The minimum absolute atomic E-state index is 0.0826. The molecule has 1 fully saturated rings. The second kappa shape index (κ2) is 7.21. The van der Waals surface area contributed by atoms with Gasteiger partial charge in [0.15, 0.2) is 0 Å². The largest absolute Gasteiger partial charge is 0.317 e. The molecule has 112 valence electrons. The Kier molecular flexibility index (Phi) is 5.59. The van der Waals surface area contributed by atoms with Crippen molar-refractivity contribution < 1.29 is 4.39 Å². The van der Waals surface area contributed by atoms with E-state index < -0.39 is 0 Å². The Morgan fingerprint density at radius 3 is 2.65 bits per heavy atom. The van der Waals surface area contributed by atoms with Crippen molar-refractivity contribution in [3.63, 3.8) is 0 Å². The molecule has 3 unspecified atom stereocenters. The molecule has 1 aromatic carbocycles. The number of nitrogens with one attached hydrogen (secondary N) is 1. The molecule has 0 saturated heterocycles. The van der Waals surface area contributed by atoms with E-state index in [1.807, 2.05) is 6.92 Å². The summed E-state index contributed by atoms with van der Waals surface area (Å²) in [6.45, 7) is 8.50. The smallest absolute Gasteiger partial charge is 0.123 e. The molecule has 20 heavy (non-hydrogen) atoms. The molecule has 0 amide bonds. The van der Waals surface area contributed by atoms with Crippen LogP contribution >= 0.6 is 0 Å². The van der Waals surface area contributed by atoms with Gasteiger partial charge in [0.25, 0.3) is 0 Å². The lowest BCUT2D eigenvalue weighted by Gasteiger charge is -2.36. The Morgan fingerprint density at radius 2 is 2.00 bits per heavy atom. The molecule has 2 heteroatoms. The molecule has 2 rings (SSSR count). The summed E-state index contributed by atoms with van der Waals surface area (Å²) >= 11 is 0. The Morgan fingerprint density at radius 1 is 1.20 bits per heavy atom. The molecule has 0 aromatic heterocycles. The van der Waals surface area contributed by atoms with Crippen LogP contribution in [0.15, 0.2) is 18.2 Å². The predicted molar refractivity (Wildman–Crippen MR) is 83.5 cm³/mol. The fourth-order valence-corrected chi connectivity index (χ4v) is 3.65. The number of aryl methyl sites for hydroxylation is 1. The molecule has 1 N–H and O–H groups in total. The van der Waals surface area contributed by atoms with Crippen molar-refractivity contribution in [3.8, 4) is 0 Å². The Hall–Kier alpha value is -0.890. The third-order valence-electron chi connectivity index (χ3n) is 4.83. The van der Waals surface area contributed by atoms with E-state index in [-0.39, 0.29) is 5.82 Å². The van der Waals surface area contributed by atoms with Gasteiger partial charge in [0, 0.05) is 0 Å². The number of hydrogen-bond acceptors (Lipinski definition) is 1. The van der Waals surface area contributed by atoms with E-state index in [2.05, 4.69) is 25.2 Å². The van der Waals surface area contributed by atoms with Gasteiger partial charge in [-0.05, 0) is 73.9 Å². The molecular weight excluding hydrogens is 249 g/mol. The molecule has 0 bridgehead atoms. The van der Waals surface area contributed by atoms with Crippen molar-refractivity contribution in [2.75, 3.05) is 13.1 Å². The number of hydrogen-bond donors (Lipinski definition) is 1. The minimum Gasteiger partial charge on any atom is -0.317 e. The lowest BCUT2D eigenvalue weighted by atomic mass is 9.70. The van der Waals surface area contributed by atoms with E-state index in [9.17, 15) is 4.39 Å². The van der Waals surface area contributed by atoms with Crippen molar-refractivity contribution in [1.29, 1.82) is 0 Å². The van der Waals surface area contributed by atoms with Crippen LogP contribution in [-0.2, 0) is 0 Å². The van der Waals surface area contributed by atoms with Crippen LogP contribution in [0.1, 0.15) is 56.6 Å². The third kappa shape index (κ3) is 3.82. The normalized spacial score (nSPS) is 26.7. The van der Waals surface area contributed by atoms with Gasteiger partial charge in [-0.15, -0.1) is 0 Å². The summed E-state index contributed by atoms with van der Waals surface area (Å²) in [5, 5.41) is 3.49. The van der Waals surface area contributed by atoms with E-state index in [1.54, 1.807) is 12.1 Å². The first-order chi connectivity index (χ1) is 9.63. The van der Waals surface area contributed by atoms with Gasteiger partial charge < -0.3 is 5.32 Å². The van der Waals surface area contributed by atoms with Crippen molar-refractivity contribution in [3.05, 3.63) is 35.1 Å². The highest BCUT2D eigenvalue weighted by atomic mass is 19.1. The maximum Gasteiger partial charge on any atom is 0.123 e. The summed E-state index contributed by atoms with van der Waals surface area (Å²) in [5.41, 5.74) is 2.25. The minimum atomic E-state index is -0.0826.